The molecule has 42 heavy (non-hydrogen) atoms. The van der Waals surface area contributed by atoms with E-state index in [1.165, 1.54) is 23.1 Å². The Hall–Kier alpha value is -4.37. The summed E-state index contributed by atoms with van der Waals surface area (Å²) in [5.41, 5.74) is 6.81. The molecule has 5 rings (SSSR count). The highest BCUT2D eigenvalue weighted by Crippen LogP contribution is 2.33. The second-order valence-electron chi connectivity index (χ2n) is 10.6. The third kappa shape index (κ3) is 7.28. The van der Waals surface area contributed by atoms with Crippen molar-refractivity contribution in [3.63, 3.8) is 0 Å². The van der Waals surface area contributed by atoms with Gasteiger partial charge >= 0.3 is 0 Å². The monoisotopic (exact) mass is 568 g/mol. The number of hydrogen-bond donors (Lipinski definition) is 2. The van der Waals surface area contributed by atoms with E-state index in [-0.39, 0.29) is 5.91 Å². The number of aromatic nitrogens is 3. The van der Waals surface area contributed by atoms with Crippen LogP contribution in [0.4, 0.5) is 11.4 Å². The molecule has 0 saturated heterocycles. The molecule has 0 bridgehead atoms. The lowest BCUT2D eigenvalue weighted by atomic mass is 9.99. The van der Waals surface area contributed by atoms with Crippen molar-refractivity contribution in [3.05, 3.63) is 94.8 Å². The minimum atomic E-state index is -0.151. The molecular weight excluding hydrogens is 528 g/mol. The van der Waals surface area contributed by atoms with Gasteiger partial charge in [-0.25, -0.2) is 0 Å². The molecule has 9 heteroatoms. The summed E-state index contributed by atoms with van der Waals surface area (Å²) < 4.78 is 12.8. The van der Waals surface area contributed by atoms with Gasteiger partial charge in [0.2, 0.25) is 0 Å². The highest BCUT2D eigenvalue weighted by Gasteiger charge is 2.19. The number of nitrogens with zero attached hydrogens (tertiary/aromatic N) is 4. The van der Waals surface area contributed by atoms with Crippen LogP contribution in [0.25, 0.3) is 0 Å². The van der Waals surface area contributed by atoms with Gasteiger partial charge in [0.05, 0.1) is 39.1 Å². The van der Waals surface area contributed by atoms with Crippen molar-refractivity contribution in [1.82, 2.24) is 19.9 Å². The fourth-order valence-electron chi connectivity index (χ4n) is 5.26. The van der Waals surface area contributed by atoms with E-state index in [1.807, 2.05) is 47.3 Å². The maximum Gasteiger partial charge on any atom is 0.257 e. The lowest BCUT2D eigenvalue weighted by Gasteiger charge is -2.29. The van der Waals surface area contributed by atoms with E-state index in [4.69, 9.17) is 9.47 Å². The van der Waals surface area contributed by atoms with Crippen LogP contribution in [0.1, 0.15) is 52.5 Å². The number of rotatable bonds is 13. The average Bonchev–Trinajstić information content (AvgIpc) is 3.49. The normalized spacial score (nSPS) is 12.9. The van der Waals surface area contributed by atoms with Gasteiger partial charge in [-0.05, 0) is 72.4 Å². The predicted molar refractivity (Wildman–Crippen MR) is 165 cm³/mol. The number of carbonyl (C=O) groups is 1. The summed E-state index contributed by atoms with van der Waals surface area (Å²) in [4.78, 5) is 15.5. The Bertz CT molecular complexity index is 1480. The number of hydrogen-bond acceptors (Lipinski definition) is 7. The molecule has 1 aromatic heterocycles. The smallest absolute Gasteiger partial charge is 0.257 e. The maximum absolute atomic E-state index is 13.1. The van der Waals surface area contributed by atoms with E-state index in [0.29, 0.717) is 12.1 Å². The van der Waals surface area contributed by atoms with Crippen LogP contribution in [0.15, 0.2) is 66.9 Å². The molecule has 0 fully saturated rings. The summed E-state index contributed by atoms with van der Waals surface area (Å²) in [7, 11) is 3.34. The van der Waals surface area contributed by atoms with E-state index < -0.39 is 0 Å². The van der Waals surface area contributed by atoms with Crippen molar-refractivity contribution in [2.75, 3.05) is 37.9 Å². The zero-order chi connectivity index (χ0) is 29.3. The highest BCUT2D eigenvalue weighted by molar-refractivity contribution is 6.08. The molecule has 0 saturated carbocycles. The average molecular weight is 569 g/mol. The Morgan fingerprint density at radius 2 is 1.74 bits per heavy atom. The van der Waals surface area contributed by atoms with Crippen LogP contribution in [0.2, 0.25) is 0 Å². The summed E-state index contributed by atoms with van der Waals surface area (Å²) in [6, 6.07) is 19.8. The zero-order valence-corrected chi connectivity index (χ0v) is 24.7. The number of ether oxygens (including phenoxy) is 2. The maximum atomic E-state index is 13.1. The Morgan fingerprint density at radius 1 is 0.976 bits per heavy atom. The summed E-state index contributed by atoms with van der Waals surface area (Å²) >= 11 is 0. The number of para-hydroxylation sites is 1. The number of aryl methyl sites for hydroxylation is 1. The molecule has 0 unspecified atom stereocenters. The van der Waals surface area contributed by atoms with Gasteiger partial charge in [0.15, 0.2) is 11.5 Å². The molecule has 0 atom stereocenters. The zero-order valence-electron chi connectivity index (χ0n) is 24.7. The minimum Gasteiger partial charge on any atom is -0.493 e. The molecule has 1 aliphatic rings. The molecule has 3 aromatic carbocycles. The fraction of sp³-hybridized carbons (Fsp3) is 0.364. The van der Waals surface area contributed by atoms with Gasteiger partial charge in [-0.15, -0.1) is 5.10 Å². The largest absolute Gasteiger partial charge is 0.493 e. The number of unbranched alkanes of at least 4 members (excludes halogenated alkanes) is 1. The van der Waals surface area contributed by atoms with Crippen LogP contribution in [-0.4, -0.2) is 53.1 Å². The molecule has 2 N–H and O–H groups in total. The van der Waals surface area contributed by atoms with Crippen molar-refractivity contribution in [3.8, 4) is 11.5 Å². The lowest BCUT2D eigenvalue weighted by Crippen LogP contribution is -2.33. The predicted octanol–water partition coefficient (Wildman–Crippen LogP) is 5.56. The van der Waals surface area contributed by atoms with Crippen LogP contribution in [-0.2, 0) is 32.5 Å². The number of nitrogens with one attached hydrogen (secondary N) is 2. The van der Waals surface area contributed by atoms with Crippen molar-refractivity contribution in [1.29, 1.82) is 0 Å². The van der Waals surface area contributed by atoms with Crippen LogP contribution in [0.5, 0.6) is 11.5 Å². The summed E-state index contributed by atoms with van der Waals surface area (Å²) in [5.74, 6) is 1.40. The molecule has 1 amide bonds. The summed E-state index contributed by atoms with van der Waals surface area (Å²) in [6.07, 6.45) is 6.32. The van der Waals surface area contributed by atoms with E-state index in [2.05, 4.69) is 57.0 Å². The van der Waals surface area contributed by atoms with E-state index in [1.54, 1.807) is 14.2 Å². The summed E-state index contributed by atoms with van der Waals surface area (Å²) in [6.45, 7) is 6.11. The Balaban J connectivity index is 1.13. The standard InChI is InChI=1S/C33H40N6O3/c1-4-5-8-24-11-13-27(14-12-24)35-33(40)29-9-6-7-10-30(29)34-21-28-23-39(37-36-28)18-17-38-16-15-25-19-31(41-2)32(42-3)20-26(25)22-38/h6-7,9-14,19-20,23,34H,4-5,8,15-18,21-22H2,1-3H3,(H,35,40). The third-order valence-corrected chi connectivity index (χ3v) is 7.69. The molecule has 0 radical (unpaired) electrons. The van der Waals surface area contributed by atoms with E-state index in [9.17, 15) is 4.79 Å². The van der Waals surface area contributed by atoms with Crippen LogP contribution < -0.4 is 20.1 Å². The van der Waals surface area contributed by atoms with E-state index >= 15 is 0 Å². The lowest BCUT2D eigenvalue weighted by molar-refractivity contribution is 0.102. The van der Waals surface area contributed by atoms with Gasteiger partial charge in [0.1, 0.15) is 5.69 Å². The molecule has 1 aliphatic heterocycles. The molecule has 220 valence electrons. The van der Waals surface area contributed by atoms with Gasteiger partial charge in [0, 0.05) is 31.0 Å². The van der Waals surface area contributed by atoms with Gasteiger partial charge in [-0.1, -0.05) is 42.8 Å². The molecule has 4 aromatic rings. The second kappa shape index (κ2) is 14.0. The molecule has 0 aliphatic carbocycles. The topological polar surface area (TPSA) is 93.5 Å². The number of amides is 1. The van der Waals surface area contributed by atoms with Crippen LogP contribution in [0.3, 0.4) is 0 Å². The molecular formula is C33H40N6O3. The van der Waals surface area contributed by atoms with Gasteiger partial charge < -0.3 is 20.1 Å². The number of benzene rings is 3. The van der Waals surface area contributed by atoms with Crippen molar-refractivity contribution < 1.29 is 14.3 Å². The number of carbonyl (C=O) groups excluding carboxylic acids is 1. The molecule has 9 nitrogen and oxygen atoms in total. The van der Waals surface area contributed by atoms with Crippen molar-refractivity contribution >= 4 is 17.3 Å². The highest BCUT2D eigenvalue weighted by atomic mass is 16.5. The van der Waals surface area contributed by atoms with Gasteiger partial charge in [-0.3, -0.25) is 14.4 Å². The minimum absolute atomic E-state index is 0.151. The molecule has 0 spiro atoms. The second-order valence-corrected chi connectivity index (χ2v) is 10.6. The summed E-state index contributed by atoms with van der Waals surface area (Å²) in [5, 5.41) is 15.1. The first-order chi connectivity index (χ1) is 20.6. The Labute approximate surface area is 247 Å². The van der Waals surface area contributed by atoms with Gasteiger partial charge in [0.25, 0.3) is 5.91 Å². The van der Waals surface area contributed by atoms with E-state index in [0.717, 1.165) is 74.0 Å². The quantitative estimate of drug-likeness (QED) is 0.218. The number of anilines is 2. The molecule has 2 heterocycles. The van der Waals surface area contributed by atoms with Crippen LogP contribution >= 0.6 is 0 Å². The van der Waals surface area contributed by atoms with Crippen molar-refractivity contribution in [2.45, 2.75) is 52.2 Å². The fourth-order valence-corrected chi connectivity index (χ4v) is 5.26. The SMILES string of the molecule is CCCCc1ccc(NC(=O)c2ccccc2NCc2cn(CCN3CCc4cc(OC)c(OC)cc4C3)nn2)cc1. The van der Waals surface area contributed by atoms with Gasteiger partial charge in [-0.2, -0.15) is 0 Å². The number of fused-ring (bicyclic) bond motifs is 1. The first kappa shape index (κ1) is 29.1. The first-order valence-corrected chi connectivity index (χ1v) is 14.6. The third-order valence-electron chi connectivity index (χ3n) is 7.69. The first-order valence-electron chi connectivity index (χ1n) is 14.6. The van der Waals surface area contributed by atoms with Crippen LogP contribution in [0, 0.1) is 0 Å². The Kier molecular flexibility index (Phi) is 9.71. The number of methoxy groups -OCH3 is 2. The van der Waals surface area contributed by atoms with Crippen molar-refractivity contribution in [2.24, 2.45) is 0 Å². The Morgan fingerprint density at radius 3 is 2.50 bits per heavy atom.